The second kappa shape index (κ2) is 12.1. The van der Waals surface area contributed by atoms with Gasteiger partial charge in [-0.1, -0.05) is 34.6 Å². The first-order valence-corrected chi connectivity index (χ1v) is 20.7. The second-order valence-corrected chi connectivity index (χ2v) is 20.8. The first kappa shape index (κ1) is 36.2. The highest BCUT2D eigenvalue weighted by Crippen LogP contribution is 2.89. The molecule has 8 nitrogen and oxygen atoms in total. The zero-order valence-electron chi connectivity index (χ0n) is 32.7. The summed E-state index contributed by atoms with van der Waals surface area (Å²) in [6.07, 6.45) is 12.5. The molecular weight excluding hydrogens is 628 g/mol. The van der Waals surface area contributed by atoms with Gasteiger partial charge in [0.1, 0.15) is 6.10 Å². The maximum Gasteiger partial charge on any atom is 0.223 e. The molecule has 2 spiro atoms. The van der Waals surface area contributed by atoms with Gasteiger partial charge in [-0.2, -0.15) is 0 Å². The number of carbonyl (C=O) groups is 1. The molecule has 0 aromatic carbocycles. The molecule has 3 aliphatic heterocycles. The molecule has 3 saturated heterocycles. The van der Waals surface area contributed by atoms with Crippen LogP contribution in [0.1, 0.15) is 126 Å². The fourth-order valence-corrected chi connectivity index (χ4v) is 15.0. The second-order valence-electron chi connectivity index (χ2n) is 20.8. The third kappa shape index (κ3) is 5.28. The Balaban J connectivity index is 0.946. The predicted molar refractivity (Wildman–Crippen MR) is 193 cm³/mol. The number of amides is 1. The van der Waals surface area contributed by atoms with Crippen molar-refractivity contribution in [1.82, 2.24) is 9.80 Å². The summed E-state index contributed by atoms with van der Waals surface area (Å²) in [6, 6.07) is 0. The molecule has 8 rings (SSSR count). The lowest BCUT2D eigenvalue weighted by Gasteiger charge is -2.63. The van der Waals surface area contributed by atoms with Gasteiger partial charge < -0.3 is 34.2 Å². The molecule has 5 unspecified atom stereocenters. The number of fused-ring (bicyclic) bond motifs is 4. The number of aliphatic hydroxyl groups excluding tert-OH is 1. The molecule has 0 aromatic heterocycles. The lowest BCUT2D eigenvalue weighted by Crippen LogP contribution is -2.59. The van der Waals surface area contributed by atoms with Crippen LogP contribution in [0.5, 0.6) is 0 Å². The van der Waals surface area contributed by atoms with E-state index in [9.17, 15) is 15.0 Å². The van der Waals surface area contributed by atoms with Gasteiger partial charge in [0.2, 0.25) is 5.91 Å². The van der Waals surface area contributed by atoms with Crippen molar-refractivity contribution in [2.24, 2.45) is 56.7 Å². The van der Waals surface area contributed by atoms with Crippen LogP contribution >= 0.6 is 0 Å². The van der Waals surface area contributed by atoms with Crippen LogP contribution in [0.3, 0.4) is 0 Å². The molecule has 0 bridgehead atoms. The van der Waals surface area contributed by atoms with Crippen molar-refractivity contribution in [3.8, 4) is 0 Å². The van der Waals surface area contributed by atoms with Gasteiger partial charge in [-0.05, 0) is 161 Å². The van der Waals surface area contributed by atoms with E-state index in [1.165, 1.54) is 38.5 Å². The summed E-state index contributed by atoms with van der Waals surface area (Å²) >= 11 is 0. The Morgan fingerprint density at radius 2 is 1.66 bits per heavy atom. The quantitative estimate of drug-likeness (QED) is 0.339. The Morgan fingerprint density at radius 3 is 2.38 bits per heavy atom. The molecule has 0 radical (unpaired) electrons. The Morgan fingerprint density at radius 1 is 0.960 bits per heavy atom. The number of carbonyl (C=O) groups excluding carboxylic acids is 1. The van der Waals surface area contributed by atoms with E-state index in [1.54, 1.807) is 13.8 Å². The average Bonchev–Trinajstić information content (AvgIpc) is 3.65. The number of morpholine rings is 1. The summed E-state index contributed by atoms with van der Waals surface area (Å²) in [6.45, 7) is 20.0. The highest BCUT2D eigenvalue weighted by molar-refractivity contribution is 5.76. The lowest BCUT2D eigenvalue weighted by atomic mass is 9.41. The summed E-state index contributed by atoms with van der Waals surface area (Å²) < 4.78 is 20.0. The van der Waals surface area contributed by atoms with E-state index in [0.29, 0.717) is 66.5 Å². The summed E-state index contributed by atoms with van der Waals surface area (Å²) in [5.74, 6) is 3.12. The van der Waals surface area contributed by atoms with Crippen LogP contribution in [0, 0.1) is 56.7 Å². The monoisotopic (exact) mass is 699 g/mol. The molecule has 2 N–H and O–H groups in total. The van der Waals surface area contributed by atoms with Crippen LogP contribution in [0.25, 0.3) is 0 Å². The van der Waals surface area contributed by atoms with Crippen molar-refractivity contribution in [2.45, 2.75) is 162 Å². The largest absolute Gasteiger partial charge is 0.388 e. The van der Waals surface area contributed by atoms with Gasteiger partial charge >= 0.3 is 0 Å². The minimum Gasteiger partial charge on any atom is -0.388 e. The van der Waals surface area contributed by atoms with Crippen molar-refractivity contribution in [3.05, 3.63) is 0 Å². The highest BCUT2D eigenvalue weighted by Gasteiger charge is 2.83. The van der Waals surface area contributed by atoms with Crippen LogP contribution in [0.2, 0.25) is 0 Å². The molecule has 8 fully saturated rings. The number of piperidine rings is 1. The first-order valence-electron chi connectivity index (χ1n) is 20.7. The predicted octanol–water partition coefficient (Wildman–Crippen LogP) is 6.26. The van der Waals surface area contributed by atoms with Gasteiger partial charge in [0, 0.05) is 13.0 Å². The molecular formula is C42H70N2O6. The summed E-state index contributed by atoms with van der Waals surface area (Å²) in [5.41, 5.74) is 0.176. The lowest BCUT2D eigenvalue weighted by molar-refractivity contribution is -0.246. The summed E-state index contributed by atoms with van der Waals surface area (Å²) in [4.78, 5) is 17.8. The minimum absolute atomic E-state index is 0.0554. The third-order valence-electron chi connectivity index (χ3n) is 17.7. The van der Waals surface area contributed by atoms with E-state index in [4.69, 9.17) is 14.2 Å². The fourth-order valence-electron chi connectivity index (χ4n) is 15.0. The molecule has 8 heteroatoms. The topological polar surface area (TPSA) is 91.7 Å². The van der Waals surface area contributed by atoms with E-state index < -0.39 is 11.7 Å². The van der Waals surface area contributed by atoms with Gasteiger partial charge in [0.25, 0.3) is 0 Å². The van der Waals surface area contributed by atoms with Crippen LogP contribution < -0.4 is 0 Å². The standard InChI is InChI=1S/C42H70N2O6/c1-26-21-28(36(46)38(4,5)47)49-29-23-40(7)31-10-9-30-37(2,3)32(11-14-41(30)25-42(31,41)16-15-39(40,6)35(26)29)50-34-24-44(19-20-48-34)33(45)22-27-12-17-43(8)18-13-27/h26-32,34-36,46-47H,9-25H2,1-8H3/t26-,28?,29?,30?,31+,32+,34?,35?,36+,39-,40+,41-,42+/m1/s1. The first-order chi connectivity index (χ1) is 23.4. The van der Waals surface area contributed by atoms with Gasteiger partial charge in [0.15, 0.2) is 6.29 Å². The van der Waals surface area contributed by atoms with E-state index in [1.807, 2.05) is 4.90 Å². The Hall–Kier alpha value is -0.770. The summed E-state index contributed by atoms with van der Waals surface area (Å²) in [5, 5.41) is 21.7. The molecule has 3 heterocycles. The Labute approximate surface area is 302 Å². The minimum atomic E-state index is -1.17. The molecule has 0 aromatic rings. The van der Waals surface area contributed by atoms with Crippen molar-refractivity contribution in [1.29, 1.82) is 0 Å². The normalized spacial score (nSPS) is 49.6. The number of hydrogen-bond acceptors (Lipinski definition) is 7. The molecule has 284 valence electrons. The number of likely N-dealkylation sites (tertiary alicyclic amines) is 1. The van der Waals surface area contributed by atoms with E-state index in [0.717, 1.165) is 45.2 Å². The van der Waals surface area contributed by atoms with Crippen molar-refractivity contribution < 1.29 is 29.2 Å². The van der Waals surface area contributed by atoms with E-state index in [2.05, 4.69) is 46.6 Å². The van der Waals surface area contributed by atoms with Crippen LogP contribution in [0.4, 0.5) is 0 Å². The Kier molecular flexibility index (Phi) is 8.78. The zero-order chi connectivity index (χ0) is 35.6. The molecule has 5 saturated carbocycles. The molecule has 5 aliphatic carbocycles. The van der Waals surface area contributed by atoms with Crippen LogP contribution in [-0.2, 0) is 19.0 Å². The zero-order valence-corrected chi connectivity index (χ0v) is 32.7. The van der Waals surface area contributed by atoms with Gasteiger partial charge in [0.05, 0.1) is 37.1 Å². The number of hydrogen-bond donors (Lipinski definition) is 2. The number of aliphatic hydroxyl groups is 2. The van der Waals surface area contributed by atoms with Crippen LogP contribution in [0.15, 0.2) is 0 Å². The average molecular weight is 699 g/mol. The van der Waals surface area contributed by atoms with E-state index in [-0.39, 0.29) is 46.8 Å². The van der Waals surface area contributed by atoms with Crippen molar-refractivity contribution in [2.75, 3.05) is 39.8 Å². The molecule has 8 aliphatic rings. The maximum atomic E-state index is 13.4. The number of nitrogens with zero attached hydrogens (tertiary/aromatic N) is 2. The van der Waals surface area contributed by atoms with Crippen molar-refractivity contribution >= 4 is 5.91 Å². The van der Waals surface area contributed by atoms with Gasteiger partial charge in [-0.15, -0.1) is 0 Å². The molecule has 1 amide bonds. The van der Waals surface area contributed by atoms with E-state index >= 15 is 0 Å². The molecule has 50 heavy (non-hydrogen) atoms. The maximum absolute atomic E-state index is 13.4. The van der Waals surface area contributed by atoms with Crippen molar-refractivity contribution in [3.63, 3.8) is 0 Å². The third-order valence-corrected chi connectivity index (χ3v) is 17.7. The summed E-state index contributed by atoms with van der Waals surface area (Å²) in [7, 11) is 2.18. The van der Waals surface area contributed by atoms with Gasteiger partial charge in [-0.25, -0.2) is 0 Å². The fraction of sp³-hybridized carbons (Fsp3) is 0.976. The highest BCUT2D eigenvalue weighted by atomic mass is 16.7. The Bertz CT molecular complexity index is 1310. The number of ether oxygens (including phenoxy) is 3. The van der Waals surface area contributed by atoms with Crippen LogP contribution in [-0.4, -0.2) is 102 Å². The number of rotatable bonds is 6. The molecule has 13 atom stereocenters. The van der Waals surface area contributed by atoms with Gasteiger partial charge in [-0.3, -0.25) is 4.79 Å². The SMILES string of the molecule is C[C@@H]1CC([C@H](O)C(C)(C)O)OC2C[C@@]3(C)[C@@H]4CCC5C(C)(C)[C@@H](OC6CN(C(=O)CC7CCN(C)CC7)CCO6)CC[C@@]56C[C@@]46CC[C@]3(C)C21. The smallest absolute Gasteiger partial charge is 0.223 e.